The third kappa shape index (κ3) is 2.20. The summed E-state index contributed by atoms with van der Waals surface area (Å²) in [5.74, 6) is 0. The van der Waals surface area contributed by atoms with E-state index in [0.29, 0.717) is 13.1 Å². The molecule has 1 aromatic rings. The van der Waals surface area contributed by atoms with E-state index in [1.54, 1.807) is 0 Å². The summed E-state index contributed by atoms with van der Waals surface area (Å²) in [6.45, 7) is 2.24. The summed E-state index contributed by atoms with van der Waals surface area (Å²) in [5.41, 5.74) is 1.64. The molecule has 0 atom stereocenters. The Morgan fingerprint density at radius 2 is 2.13 bits per heavy atom. The Hall–Kier alpha value is -0.900. The van der Waals surface area contributed by atoms with Gasteiger partial charge in [-0.2, -0.15) is 0 Å². The molecule has 1 aliphatic heterocycles. The van der Waals surface area contributed by atoms with E-state index in [2.05, 4.69) is 22.3 Å². The monoisotopic (exact) mass is 206 g/mol. The molecule has 0 aliphatic carbocycles. The van der Waals surface area contributed by atoms with Crippen LogP contribution in [0.2, 0.25) is 0 Å². The van der Waals surface area contributed by atoms with Crippen LogP contribution in [0.1, 0.15) is 11.1 Å². The molecule has 2 rings (SSSR count). The molecule has 1 aliphatic rings. The van der Waals surface area contributed by atoms with Gasteiger partial charge in [0.2, 0.25) is 0 Å². The van der Waals surface area contributed by atoms with Crippen LogP contribution in [-0.4, -0.2) is 37.2 Å². The fraction of sp³-hybridized carbons (Fsp3) is 0.500. The van der Waals surface area contributed by atoms with Gasteiger partial charge in [-0.1, -0.05) is 24.3 Å². The van der Waals surface area contributed by atoms with Gasteiger partial charge in [0.25, 0.3) is 0 Å². The lowest BCUT2D eigenvalue weighted by molar-refractivity contribution is -0.0147. The van der Waals surface area contributed by atoms with Crippen LogP contribution in [0.5, 0.6) is 0 Å². The largest absolute Gasteiger partial charge is 0.382 e. The van der Waals surface area contributed by atoms with Crippen molar-refractivity contribution in [2.45, 2.75) is 12.1 Å². The molecule has 1 heterocycles. The number of hydrogen-bond donors (Lipinski definition) is 2. The van der Waals surface area contributed by atoms with Crippen molar-refractivity contribution in [2.75, 3.05) is 27.2 Å². The Kier molecular flexibility index (Phi) is 2.78. The van der Waals surface area contributed by atoms with E-state index >= 15 is 0 Å². The molecule has 1 fully saturated rings. The molecule has 15 heavy (non-hydrogen) atoms. The minimum atomic E-state index is -0.637. The first-order valence-electron chi connectivity index (χ1n) is 5.27. The van der Waals surface area contributed by atoms with Crippen LogP contribution >= 0.6 is 0 Å². The molecule has 0 saturated carbocycles. The fourth-order valence-corrected chi connectivity index (χ4v) is 1.89. The number of β-amino-alcohol motifs (C(OH)–C–C–N with tert-alkyl or cyclic N) is 1. The molecule has 0 amide bonds. The fourth-order valence-electron chi connectivity index (χ4n) is 1.89. The predicted molar refractivity (Wildman–Crippen MR) is 60.6 cm³/mol. The Bertz CT molecular complexity index is 345. The van der Waals surface area contributed by atoms with Crippen LogP contribution in [0, 0.1) is 0 Å². The Balaban J connectivity index is 2.19. The molecular weight excluding hydrogens is 188 g/mol. The molecule has 0 spiro atoms. The number of hydrogen-bond acceptors (Lipinski definition) is 3. The van der Waals surface area contributed by atoms with Crippen LogP contribution < -0.4 is 5.32 Å². The lowest BCUT2D eigenvalue weighted by atomic mass is 9.87. The molecule has 1 saturated heterocycles. The Morgan fingerprint density at radius 1 is 1.40 bits per heavy atom. The zero-order chi connectivity index (χ0) is 10.9. The molecule has 3 heteroatoms. The topological polar surface area (TPSA) is 35.5 Å². The van der Waals surface area contributed by atoms with E-state index in [-0.39, 0.29) is 0 Å². The normalized spacial score (nSPS) is 18.9. The van der Waals surface area contributed by atoms with E-state index in [0.717, 1.165) is 12.1 Å². The minimum Gasteiger partial charge on any atom is -0.382 e. The average Bonchev–Trinajstić information content (AvgIpc) is 2.13. The molecule has 82 valence electrons. The van der Waals surface area contributed by atoms with E-state index in [9.17, 15) is 5.11 Å². The van der Waals surface area contributed by atoms with Gasteiger partial charge >= 0.3 is 0 Å². The number of nitrogens with zero attached hydrogens (tertiary/aromatic N) is 1. The van der Waals surface area contributed by atoms with Gasteiger partial charge in [0.05, 0.1) is 0 Å². The molecule has 1 aromatic carbocycles. The van der Waals surface area contributed by atoms with Crippen LogP contribution in [0.25, 0.3) is 0 Å². The van der Waals surface area contributed by atoms with Gasteiger partial charge in [0.1, 0.15) is 5.60 Å². The maximum absolute atomic E-state index is 10.2. The minimum absolute atomic E-state index is 0.637. The summed E-state index contributed by atoms with van der Waals surface area (Å²) in [4.78, 5) is 2.13. The number of nitrogens with one attached hydrogen (secondary N) is 1. The van der Waals surface area contributed by atoms with E-state index in [1.807, 2.05) is 26.2 Å². The van der Waals surface area contributed by atoms with Gasteiger partial charge in [-0.3, -0.25) is 0 Å². The van der Waals surface area contributed by atoms with Gasteiger partial charge in [0, 0.05) is 19.6 Å². The van der Waals surface area contributed by atoms with Crippen molar-refractivity contribution in [3.05, 3.63) is 35.4 Å². The average molecular weight is 206 g/mol. The van der Waals surface area contributed by atoms with Crippen molar-refractivity contribution in [2.24, 2.45) is 0 Å². The lowest BCUT2D eigenvalue weighted by Crippen LogP contribution is -2.56. The van der Waals surface area contributed by atoms with Crippen molar-refractivity contribution >= 4 is 0 Å². The quantitative estimate of drug-likeness (QED) is 0.757. The second-order valence-corrected chi connectivity index (χ2v) is 4.57. The van der Waals surface area contributed by atoms with E-state index < -0.39 is 5.60 Å². The second-order valence-electron chi connectivity index (χ2n) is 4.57. The number of aliphatic hydroxyl groups is 1. The third-order valence-corrected chi connectivity index (χ3v) is 2.80. The van der Waals surface area contributed by atoms with Crippen molar-refractivity contribution < 1.29 is 5.11 Å². The van der Waals surface area contributed by atoms with Crippen LogP contribution in [0.4, 0.5) is 0 Å². The van der Waals surface area contributed by atoms with E-state index in [1.165, 1.54) is 5.56 Å². The summed E-state index contributed by atoms with van der Waals surface area (Å²) in [6.07, 6.45) is 0. The maximum Gasteiger partial charge on any atom is 0.114 e. The highest BCUT2D eigenvalue weighted by Gasteiger charge is 2.35. The van der Waals surface area contributed by atoms with Crippen LogP contribution in [-0.2, 0) is 12.1 Å². The first-order valence-corrected chi connectivity index (χ1v) is 5.27. The van der Waals surface area contributed by atoms with Gasteiger partial charge in [-0.15, -0.1) is 0 Å². The molecule has 0 radical (unpaired) electrons. The van der Waals surface area contributed by atoms with Gasteiger partial charge in [-0.05, 0) is 25.2 Å². The summed E-state index contributed by atoms with van der Waals surface area (Å²) in [7, 11) is 4.10. The summed E-state index contributed by atoms with van der Waals surface area (Å²) >= 11 is 0. The standard InChI is InChI=1S/C12H18N2O/c1-14(2)7-10-4-3-5-11(6-10)12(15)8-13-9-12/h3-6,13,15H,7-9H2,1-2H3. The van der Waals surface area contributed by atoms with Crippen molar-refractivity contribution in [3.8, 4) is 0 Å². The maximum atomic E-state index is 10.2. The second kappa shape index (κ2) is 3.93. The summed E-state index contributed by atoms with van der Waals surface area (Å²) in [5, 5.41) is 13.3. The van der Waals surface area contributed by atoms with Crippen molar-refractivity contribution in [1.82, 2.24) is 10.2 Å². The highest BCUT2D eigenvalue weighted by atomic mass is 16.3. The molecule has 3 nitrogen and oxygen atoms in total. The molecular formula is C12H18N2O. The highest BCUT2D eigenvalue weighted by Crippen LogP contribution is 2.25. The molecule has 0 aromatic heterocycles. The van der Waals surface area contributed by atoms with Crippen LogP contribution in [0.15, 0.2) is 24.3 Å². The Labute approximate surface area is 90.7 Å². The SMILES string of the molecule is CN(C)Cc1cccc(C2(O)CNC2)c1. The van der Waals surface area contributed by atoms with Crippen LogP contribution in [0.3, 0.4) is 0 Å². The molecule has 0 unspecified atom stereocenters. The number of rotatable bonds is 3. The molecule has 0 bridgehead atoms. The predicted octanol–water partition coefficient (Wildman–Crippen LogP) is 0.539. The Morgan fingerprint density at radius 3 is 2.67 bits per heavy atom. The van der Waals surface area contributed by atoms with Gasteiger partial charge in [0.15, 0.2) is 0 Å². The van der Waals surface area contributed by atoms with Crippen molar-refractivity contribution in [3.63, 3.8) is 0 Å². The lowest BCUT2D eigenvalue weighted by Gasteiger charge is -2.38. The number of benzene rings is 1. The van der Waals surface area contributed by atoms with Gasteiger partial charge < -0.3 is 15.3 Å². The van der Waals surface area contributed by atoms with Gasteiger partial charge in [-0.25, -0.2) is 0 Å². The first-order chi connectivity index (χ1) is 7.10. The summed E-state index contributed by atoms with van der Waals surface area (Å²) < 4.78 is 0. The smallest absolute Gasteiger partial charge is 0.114 e. The highest BCUT2D eigenvalue weighted by molar-refractivity contribution is 5.30. The zero-order valence-electron chi connectivity index (χ0n) is 9.33. The zero-order valence-corrected chi connectivity index (χ0v) is 9.33. The van der Waals surface area contributed by atoms with Crippen molar-refractivity contribution in [1.29, 1.82) is 0 Å². The third-order valence-electron chi connectivity index (χ3n) is 2.80. The first kappa shape index (κ1) is 10.6. The van der Waals surface area contributed by atoms with E-state index in [4.69, 9.17) is 0 Å². The summed E-state index contributed by atoms with van der Waals surface area (Å²) in [6, 6.07) is 8.21. The molecule has 2 N–H and O–H groups in total.